The Kier molecular flexibility index (Phi) is 6.47. The average molecular weight is 457 g/mol. The molecule has 7 heteroatoms. The fourth-order valence-electron chi connectivity index (χ4n) is 5.28. The van der Waals surface area contributed by atoms with Gasteiger partial charge in [-0.25, -0.2) is 8.42 Å². The van der Waals surface area contributed by atoms with Crippen LogP contribution in [0.3, 0.4) is 0 Å². The molecule has 0 N–H and O–H groups in total. The molecule has 0 radical (unpaired) electrons. The van der Waals surface area contributed by atoms with Gasteiger partial charge in [-0.15, -0.1) is 0 Å². The number of hydrogen-bond acceptors (Lipinski definition) is 4. The number of likely N-dealkylation sites (tertiary alicyclic amines) is 1. The number of piperidine rings is 1. The van der Waals surface area contributed by atoms with Gasteiger partial charge in [-0.2, -0.15) is 0 Å². The molecule has 1 saturated heterocycles. The van der Waals surface area contributed by atoms with Crippen molar-refractivity contribution >= 4 is 21.6 Å². The molecule has 2 aromatic rings. The highest BCUT2D eigenvalue weighted by atomic mass is 32.2. The summed E-state index contributed by atoms with van der Waals surface area (Å²) in [5.41, 5.74) is 1.00. The Balaban J connectivity index is 1.55. The first-order valence-corrected chi connectivity index (χ1v) is 12.8. The summed E-state index contributed by atoms with van der Waals surface area (Å²) in [5, 5.41) is 0. The van der Waals surface area contributed by atoms with Gasteiger partial charge < -0.3 is 9.64 Å². The number of carbonyl (C=O) groups excluding carboxylic acids is 1. The topological polar surface area (TPSA) is 66.9 Å². The van der Waals surface area contributed by atoms with E-state index < -0.39 is 10.0 Å². The summed E-state index contributed by atoms with van der Waals surface area (Å²) in [6.45, 7) is 3.08. The molecule has 3 unspecified atom stereocenters. The van der Waals surface area contributed by atoms with Gasteiger partial charge in [-0.3, -0.25) is 9.10 Å². The maximum absolute atomic E-state index is 13.3. The van der Waals surface area contributed by atoms with E-state index in [4.69, 9.17) is 4.74 Å². The van der Waals surface area contributed by atoms with Gasteiger partial charge in [0.25, 0.3) is 15.9 Å². The summed E-state index contributed by atoms with van der Waals surface area (Å²) < 4.78 is 32.9. The predicted molar refractivity (Wildman–Crippen MR) is 126 cm³/mol. The molecule has 3 atom stereocenters. The van der Waals surface area contributed by atoms with Crippen LogP contribution in [0.2, 0.25) is 0 Å². The molecule has 2 fully saturated rings. The van der Waals surface area contributed by atoms with Gasteiger partial charge in [0.05, 0.1) is 17.7 Å². The van der Waals surface area contributed by atoms with E-state index in [0.717, 1.165) is 19.4 Å². The Morgan fingerprint density at radius 1 is 1.03 bits per heavy atom. The lowest BCUT2D eigenvalue weighted by Gasteiger charge is -2.47. The number of fused-ring (bicyclic) bond motifs is 1. The minimum Gasteiger partial charge on any atom is -0.495 e. The number of amides is 1. The van der Waals surface area contributed by atoms with E-state index in [1.807, 2.05) is 4.90 Å². The molecule has 172 valence electrons. The van der Waals surface area contributed by atoms with E-state index in [-0.39, 0.29) is 10.8 Å². The van der Waals surface area contributed by atoms with Crippen molar-refractivity contribution in [3.8, 4) is 5.75 Å². The summed E-state index contributed by atoms with van der Waals surface area (Å²) in [4.78, 5) is 15.5. The minimum absolute atomic E-state index is 0.0100. The van der Waals surface area contributed by atoms with E-state index in [2.05, 4.69) is 6.92 Å². The number of anilines is 1. The zero-order valence-corrected chi connectivity index (χ0v) is 19.8. The first kappa shape index (κ1) is 22.6. The molecule has 0 spiro atoms. The molecule has 32 heavy (non-hydrogen) atoms. The molecule has 2 aliphatic rings. The maximum Gasteiger partial charge on any atom is 0.264 e. The summed E-state index contributed by atoms with van der Waals surface area (Å²) in [6.07, 6.45) is 5.71. The molecule has 6 nitrogen and oxygen atoms in total. The lowest BCUT2D eigenvalue weighted by Crippen LogP contribution is -2.52. The van der Waals surface area contributed by atoms with E-state index in [0.29, 0.717) is 34.9 Å². The molecular formula is C25H32N2O4S. The van der Waals surface area contributed by atoms with Crippen molar-refractivity contribution in [3.63, 3.8) is 0 Å². The van der Waals surface area contributed by atoms with Gasteiger partial charge in [0.1, 0.15) is 5.75 Å². The van der Waals surface area contributed by atoms with Crippen LogP contribution in [0.15, 0.2) is 53.4 Å². The highest BCUT2D eigenvalue weighted by Crippen LogP contribution is 2.39. The number of para-hydroxylation sites is 2. The molecule has 2 aromatic carbocycles. The summed E-state index contributed by atoms with van der Waals surface area (Å²) >= 11 is 0. The minimum atomic E-state index is -3.79. The van der Waals surface area contributed by atoms with E-state index in [1.165, 1.54) is 49.9 Å². The fourth-order valence-corrected chi connectivity index (χ4v) is 6.48. The number of benzene rings is 2. The molecule has 1 saturated carbocycles. The van der Waals surface area contributed by atoms with Crippen molar-refractivity contribution in [1.82, 2.24) is 4.90 Å². The van der Waals surface area contributed by atoms with Crippen LogP contribution < -0.4 is 9.04 Å². The Labute approximate surface area is 191 Å². The average Bonchev–Trinajstić information content (AvgIpc) is 2.83. The Morgan fingerprint density at radius 2 is 1.72 bits per heavy atom. The van der Waals surface area contributed by atoms with Crippen LogP contribution in [0.1, 0.15) is 49.4 Å². The van der Waals surface area contributed by atoms with Crippen LogP contribution in [0, 0.1) is 11.8 Å². The fraction of sp³-hybridized carbons (Fsp3) is 0.480. The van der Waals surface area contributed by atoms with Gasteiger partial charge in [0.15, 0.2) is 0 Å². The first-order valence-electron chi connectivity index (χ1n) is 11.4. The van der Waals surface area contributed by atoms with Crippen LogP contribution in [0.25, 0.3) is 0 Å². The Hall–Kier alpha value is -2.54. The van der Waals surface area contributed by atoms with Gasteiger partial charge in [-0.05, 0) is 67.5 Å². The zero-order valence-electron chi connectivity index (χ0n) is 19.0. The van der Waals surface area contributed by atoms with E-state index in [9.17, 15) is 13.2 Å². The predicted octanol–water partition coefficient (Wildman–Crippen LogP) is 4.56. The number of ether oxygens (including phenoxy) is 1. The standard InChI is InChI=1S/C25H32N2O4S/c1-18-16-17-27(22-9-5-4-8-21(18)22)25(28)19-12-14-20(15-13-19)32(29,30)26(2)23-10-6-7-11-24(23)31-3/h6-7,10-15,18,21-22H,4-5,8-9,16-17H2,1-3H3. The van der Waals surface area contributed by atoms with Crippen molar-refractivity contribution in [1.29, 1.82) is 0 Å². The largest absolute Gasteiger partial charge is 0.495 e. The van der Waals surface area contributed by atoms with Crippen molar-refractivity contribution in [2.45, 2.75) is 50.0 Å². The Morgan fingerprint density at radius 3 is 2.44 bits per heavy atom. The normalized spacial score (nSPS) is 23.3. The second-order valence-corrected chi connectivity index (χ2v) is 10.9. The quantitative estimate of drug-likeness (QED) is 0.661. The molecule has 1 aliphatic heterocycles. The number of nitrogens with zero attached hydrogens (tertiary/aromatic N) is 2. The number of hydrogen-bond donors (Lipinski definition) is 0. The van der Waals surface area contributed by atoms with Crippen LogP contribution in [0.4, 0.5) is 5.69 Å². The molecule has 0 bridgehead atoms. The number of carbonyl (C=O) groups is 1. The monoisotopic (exact) mass is 456 g/mol. The second-order valence-electron chi connectivity index (χ2n) is 8.95. The third-order valence-corrected chi connectivity index (χ3v) is 8.97. The first-order chi connectivity index (χ1) is 15.3. The number of rotatable bonds is 5. The van der Waals surface area contributed by atoms with Crippen LogP contribution in [-0.4, -0.2) is 46.0 Å². The Bertz CT molecular complexity index is 1070. The van der Waals surface area contributed by atoms with Crippen molar-refractivity contribution in [3.05, 3.63) is 54.1 Å². The third kappa shape index (κ3) is 4.10. The van der Waals surface area contributed by atoms with E-state index in [1.54, 1.807) is 36.4 Å². The molecule has 0 aromatic heterocycles. The highest BCUT2D eigenvalue weighted by Gasteiger charge is 2.39. The van der Waals surface area contributed by atoms with Crippen LogP contribution >= 0.6 is 0 Å². The number of sulfonamides is 1. The molecular weight excluding hydrogens is 424 g/mol. The van der Waals surface area contributed by atoms with Crippen molar-refractivity contribution in [2.75, 3.05) is 25.0 Å². The lowest BCUT2D eigenvalue weighted by atomic mass is 9.72. The third-order valence-electron chi connectivity index (χ3n) is 7.18. The van der Waals surface area contributed by atoms with E-state index >= 15 is 0 Å². The highest BCUT2D eigenvalue weighted by molar-refractivity contribution is 7.92. The summed E-state index contributed by atoms with van der Waals surface area (Å²) in [7, 11) is -0.774. The summed E-state index contributed by atoms with van der Waals surface area (Å²) in [5.74, 6) is 1.72. The molecule has 1 amide bonds. The second kappa shape index (κ2) is 9.14. The zero-order chi connectivity index (χ0) is 22.9. The number of methoxy groups -OCH3 is 1. The van der Waals surface area contributed by atoms with Gasteiger partial charge in [-0.1, -0.05) is 31.9 Å². The van der Waals surface area contributed by atoms with Gasteiger partial charge >= 0.3 is 0 Å². The van der Waals surface area contributed by atoms with Crippen LogP contribution in [0.5, 0.6) is 5.75 Å². The summed E-state index contributed by atoms with van der Waals surface area (Å²) in [6, 6.07) is 13.6. The maximum atomic E-state index is 13.3. The molecule has 4 rings (SSSR count). The van der Waals surface area contributed by atoms with Crippen molar-refractivity contribution < 1.29 is 17.9 Å². The van der Waals surface area contributed by atoms with Gasteiger partial charge in [0.2, 0.25) is 0 Å². The SMILES string of the molecule is COc1ccccc1N(C)S(=O)(=O)c1ccc(C(=O)N2CCC(C)C3CCCCC32)cc1. The molecule has 1 aliphatic carbocycles. The smallest absolute Gasteiger partial charge is 0.264 e. The van der Waals surface area contributed by atoms with Gasteiger partial charge in [0, 0.05) is 25.2 Å². The lowest BCUT2D eigenvalue weighted by molar-refractivity contribution is 0.0217. The molecule has 1 heterocycles. The van der Waals surface area contributed by atoms with Crippen LogP contribution in [-0.2, 0) is 10.0 Å². The van der Waals surface area contributed by atoms with Crippen molar-refractivity contribution in [2.24, 2.45) is 11.8 Å².